The molecular weight excluding hydrogens is 276 g/mol. The van der Waals surface area contributed by atoms with Crippen molar-refractivity contribution < 1.29 is 14.7 Å². The summed E-state index contributed by atoms with van der Waals surface area (Å²) in [6.45, 7) is 0.393. The van der Waals surface area contributed by atoms with Gasteiger partial charge in [0.25, 0.3) is 5.91 Å². The fourth-order valence-electron chi connectivity index (χ4n) is 2.52. The number of benzene rings is 1. The summed E-state index contributed by atoms with van der Waals surface area (Å²) in [6.07, 6.45) is 0.663. The minimum atomic E-state index is -1.01. The number of fused-ring (bicyclic) bond motifs is 1. The standard InChI is InChI=1S/C14H12N2O3S/c17-13(11-7-20-8-15-11)16-6-5-9-3-1-2-4-10(9)12(16)14(18)19/h1-4,7-8,12H,5-6H2,(H,18,19). The molecule has 0 radical (unpaired) electrons. The van der Waals surface area contributed by atoms with Crippen LogP contribution in [0.15, 0.2) is 35.2 Å². The molecule has 1 aromatic heterocycles. The van der Waals surface area contributed by atoms with Crippen molar-refractivity contribution in [1.29, 1.82) is 0 Å². The number of carbonyl (C=O) groups is 2. The van der Waals surface area contributed by atoms with Crippen molar-refractivity contribution in [2.45, 2.75) is 12.5 Å². The summed E-state index contributed by atoms with van der Waals surface area (Å²) in [7, 11) is 0. The second-order valence-corrected chi connectivity index (χ2v) is 5.28. The monoisotopic (exact) mass is 288 g/mol. The van der Waals surface area contributed by atoms with Gasteiger partial charge in [-0.05, 0) is 17.5 Å². The fraction of sp³-hybridized carbons (Fsp3) is 0.214. The Morgan fingerprint density at radius 1 is 1.35 bits per heavy atom. The SMILES string of the molecule is O=C(O)C1c2ccccc2CCN1C(=O)c1cscn1. The molecular formula is C14H12N2O3S. The number of thiazole rings is 1. The molecule has 2 aromatic rings. The maximum atomic E-state index is 12.4. The third-order valence-electron chi connectivity index (χ3n) is 3.43. The first-order chi connectivity index (χ1) is 9.68. The largest absolute Gasteiger partial charge is 0.479 e. The van der Waals surface area contributed by atoms with Gasteiger partial charge in [-0.1, -0.05) is 24.3 Å². The quantitative estimate of drug-likeness (QED) is 0.917. The van der Waals surface area contributed by atoms with E-state index in [0.717, 1.165) is 5.56 Å². The lowest BCUT2D eigenvalue weighted by atomic mass is 9.92. The van der Waals surface area contributed by atoms with E-state index in [-0.39, 0.29) is 5.91 Å². The summed E-state index contributed by atoms with van der Waals surface area (Å²) in [4.78, 5) is 29.3. The predicted molar refractivity (Wildman–Crippen MR) is 73.7 cm³/mol. The molecule has 1 amide bonds. The molecule has 6 heteroatoms. The second kappa shape index (κ2) is 5.05. The van der Waals surface area contributed by atoms with Crippen LogP contribution in [0.4, 0.5) is 0 Å². The molecule has 1 N–H and O–H groups in total. The van der Waals surface area contributed by atoms with Gasteiger partial charge < -0.3 is 10.0 Å². The Kier molecular flexibility index (Phi) is 3.23. The molecule has 2 heterocycles. The normalized spacial score (nSPS) is 17.6. The van der Waals surface area contributed by atoms with Crippen molar-refractivity contribution >= 4 is 23.2 Å². The summed E-state index contributed by atoms with van der Waals surface area (Å²) in [5.41, 5.74) is 3.55. The van der Waals surface area contributed by atoms with Crippen LogP contribution in [0.1, 0.15) is 27.7 Å². The molecule has 0 saturated heterocycles. The van der Waals surface area contributed by atoms with Crippen LogP contribution in [0.2, 0.25) is 0 Å². The van der Waals surface area contributed by atoms with Crippen LogP contribution in [0.5, 0.6) is 0 Å². The van der Waals surface area contributed by atoms with Crippen LogP contribution in [0, 0.1) is 0 Å². The molecule has 0 saturated carbocycles. The highest BCUT2D eigenvalue weighted by molar-refractivity contribution is 7.07. The Balaban J connectivity index is 2.01. The molecule has 0 fully saturated rings. The van der Waals surface area contributed by atoms with E-state index in [1.165, 1.54) is 16.2 Å². The molecule has 1 atom stereocenters. The average Bonchev–Trinajstić information content (AvgIpc) is 2.99. The van der Waals surface area contributed by atoms with E-state index >= 15 is 0 Å². The second-order valence-electron chi connectivity index (χ2n) is 4.56. The van der Waals surface area contributed by atoms with Crippen LogP contribution < -0.4 is 0 Å². The third kappa shape index (κ3) is 2.08. The average molecular weight is 288 g/mol. The van der Waals surface area contributed by atoms with Crippen LogP contribution in [-0.4, -0.2) is 33.4 Å². The van der Waals surface area contributed by atoms with Gasteiger partial charge in [-0.15, -0.1) is 11.3 Å². The van der Waals surface area contributed by atoms with E-state index in [4.69, 9.17) is 0 Å². The number of carbonyl (C=O) groups excluding carboxylic acids is 1. The van der Waals surface area contributed by atoms with E-state index in [2.05, 4.69) is 4.98 Å². The molecule has 5 nitrogen and oxygen atoms in total. The summed E-state index contributed by atoms with van der Waals surface area (Å²) in [5.74, 6) is -1.34. The van der Waals surface area contributed by atoms with Gasteiger partial charge in [-0.25, -0.2) is 9.78 Å². The van der Waals surface area contributed by atoms with Gasteiger partial charge >= 0.3 is 5.97 Å². The number of aliphatic carboxylic acids is 1. The number of hydrogen-bond acceptors (Lipinski definition) is 4. The minimum Gasteiger partial charge on any atom is -0.479 e. The topological polar surface area (TPSA) is 70.5 Å². The van der Waals surface area contributed by atoms with Crippen LogP contribution >= 0.6 is 11.3 Å². The van der Waals surface area contributed by atoms with Crippen LogP contribution in [0.25, 0.3) is 0 Å². The fourth-order valence-corrected chi connectivity index (χ4v) is 3.04. The van der Waals surface area contributed by atoms with Crippen molar-refractivity contribution in [1.82, 2.24) is 9.88 Å². The Labute approximate surface area is 119 Å². The zero-order valence-electron chi connectivity index (χ0n) is 10.5. The lowest BCUT2D eigenvalue weighted by molar-refractivity contribution is -0.143. The van der Waals surface area contributed by atoms with E-state index in [9.17, 15) is 14.7 Å². The molecule has 0 spiro atoms. The van der Waals surface area contributed by atoms with Crippen LogP contribution in [0.3, 0.4) is 0 Å². The highest BCUT2D eigenvalue weighted by Gasteiger charge is 2.36. The molecule has 102 valence electrons. The Bertz CT molecular complexity index is 654. The Morgan fingerprint density at radius 2 is 2.15 bits per heavy atom. The van der Waals surface area contributed by atoms with E-state index in [1.807, 2.05) is 12.1 Å². The predicted octanol–water partition coefficient (Wildman–Crippen LogP) is 1.97. The summed E-state index contributed by atoms with van der Waals surface area (Å²) >= 11 is 1.32. The number of aromatic nitrogens is 1. The highest BCUT2D eigenvalue weighted by Crippen LogP contribution is 2.31. The zero-order valence-corrected chi connectivity index (χ0v) is 11.3. The van der Waals surface area contributed by atoms with Gasteiger partial charge in [0, 0.05) is 11.9 Å². The van der Waals surface area contributed by atoms with Gasteiger partial charge in [-0.2, -0.15) is 0 Å². The number of carboxylic acids is 1. The summed E-state index contributed by atoms with van der Waals surface area (Å²) in [6, 6.07) is 6.43. The van der Waals surface area contributed by atoms with Gasteiger partial charge in [0.2, 0.25) is 0 Å². The molecule has 1 aliphatic heterocycles. The van der Waals surface area contributed by atoms with Gasteiger partial charge in [0.15, 0.2) is 6.04 Å². The molecule has 3 rings (SSSR count). The lowest BCUT2D eigenvalue weighted by Crippen LogP contribution is -2.43. The molecule has 0 aliphatic carbocycles. The Hall–Kier alpha value is -2.21. The van der Waals surface area contributed by atoms with E-state index in [1.54, 1.807) is 23.0 Å². The van der Waals surface area contributed by atoms with Crippen molar-refractivity contribution in [3.05, 3.63) is 52.0 Å². The zero-order chi connectivity index (χ0) is 14.1. The summed E-state index contributed by atoms with van der Waals surface area (Å²) in [5, 5.41) is 11.1. The highest BCUT2D eigenvalue weighted by atomic mass is 32.1. The lowest BCUT2D eigenvalue weighted by Gasteiger charge is -2.34. The number of hydrogen-bond donors (Lipinski definition) is 1. The molecule has 20 heavy (non-hydrogen) atoms. The third-order valence-corrected chi connectivity index (χ3v) is 4.02. The molecule has 1 aromatic carbocycles. The molecule has 1 unspecified atom stereocenters. The van der Waals surface area contributed by atoms with Crippen LogP contribution in [-0.2, 0) is 11.2 Å². The number of carboxylic acid groups (broad SMARTS) is 1. The first kappa shape index (κ1) is 12.8. The van der Waals surface area contributed by atoms with Gasteiger partial charge in [0.05, 0.1) is 5.51 Å². The van der Waals surface area contributed by atoms with Gasteiger partial charge in [-0.3, -0.25) is 4.79 Å². The first-order valence-electron chi connectivity index (χ1n) is 6.18. The van der Waals surface area contributed by atoms with Gasteiger partial charge in [0.1, 0.15) is 5.69 Å². The summed E-state index contributed by atoms with van der Waals surface area (Å²) < 4.78 is 0. The number of nitrogens with zero attached hydrogens (tertiary/aromatic N) is 2. The van der Waals surface area contributed by atoms with Crippen molar-refractivity contribution in [2.75, 3.05) is 6.54 Å². The maximum absolute atomic E-state index is 12.4. The van der Waals surface area contributed by atoms with Crippen molar-refractivity contribution in [2.24, 2.45) is 0 Å². The Morgan fingerprint density at radius 3 is 2.85 bits per heavy atom. The number of rotatable bonds is 2. The smallest absolute Gasteiger partial charge is 0.331 e. The maximum Gasteiger partial charge on any atom is 0.331 e. The first-order valence-corrected chi connectivity index (χ1v) is 7.12. The van der Waals surface area contributed by atoms with Crippen molar-refractivity contribution in [3.63, 3.8) is 0 Å². The number of amides is 1. The minimum absolute atomic E-state index is 0.306. The molecule has 0 bridgehead atoms. The van der Waals surface area contributed by atoms with E-state index in [0.29, 0.717) is 24.2 Å². The molecule has 1 aliphatic rings. The van der Waals surface area contributed by atoms with E-state index < -0.39 is 12.0 Å². The van der Waals surface area contributed by atoms with Crippen molar-refractivity contribution in [3.8, 4) is 0 Å².